The summed E-state index contributed by atoms with van der Waals surface area (Å²) in [5, 5.41) is 34.4. The van der Waals surface area contributed by atoms with E-state index in [1.807, 2.05) is 26.0 Å². The first-order valence-electron chi connectivity index (χ1n) is 35.2. The number of ether oxygens (including phenoxy) is 6. The van der Waals surface area contributed by atoms with Gasteiger partial charge in [-0.25, -0.2) is 19.2 Å². The highest BCUT2D eigenvalue weighted by Gasteiger charge is 2.72. The summed E-state index contributed by atoms with van der Waals surface area (Å²) in [5.74, 6) is -1.76. The van der Waals surface area contributed by atoms with E-state index in [1.54, 1.807) is 73.3 Å². The molecule has 16 atom stereocenters. The molecule has 4 aromatic heterocycles. The maximum atomic E-state index is 14.2. The highest BCUT2D eigenvalue weighted by molar-refractivity contribution is 6.78. The van der Waals surface area contributed by atoms with Crippen molar-refractivity contribution >= 4 is 32.2 Å². The summed E-state index contributed by atoms with van der Waals surface area (Å²) in [6, 6.07) is 23.2. The zero-order valence-electron chi connectivity index (χ0n) is 60.4. The van der Waals surface area contributed by atoms with E-state index in [0.717, 1.165) is 25.0 Å². The Hall–Kier alpha value is -8.14. The van der Waals surface area contributed by atoms with E-state index in [4.69, 9.17) is 41.7 Å². The van der Waals surface area contributed by atoms with E-state index >= 15 is 0 Å². The minimum atomic E-state index is -2.22. The third-order valence-electron chi connectivity index (χ3n) is 25.0. The first kappa shape index (κ1) is 73.1. The quantitative estimate of drug-likeness (QED) is 0.0489. The van der Waals surface area contributed by atoms with Crippen LogP contribution in [-0.2, 0) is 28.5 Å². The molecule has 4 fully saturated rings. The highest BCUT2D eigenvalue weighted by atomic mass is 28.4. The molecule has 2 aliphatic heterocycles. The van der Waals surface area contributed by atoms with Crippen molar-refractivity contribution in [2.45, 2.75) is 202 Å². The van der Waals surface area contributed by atoms with Gasteiger partial charge in [0.25, 0.3) is 8.32 Å². The molecule has 6 aliphatic rings. The zero-order chi connectivity index (χ0) is 72.6. The topological polar surface area (TPSA) is 280 Å². The summed E-state index contributed by atoms with van der Waals surface area (Å²) in [7, 11) is -2.22. The molecule has 12 rings (SSSR count). The molecule has 0 saturated heterocycles. The van der Waals surface area contributed by atoms with Crippen molar-refractivity contribution in [2.75, 3.05) is 13.2 Å². The average Bonchev–Trinajstić information content (AvgIpc) is 0.691. The van der Waals surface area contributed by atoms with Crippen molar-refractivity contribution in [3.8, 4) is 45.6 Å². The van der Waals surface area contributed by atoms with Crippen LogP contribution in [0, 0.1) is 57.2 Å². The molecule has 0 spiro atoms. The lowest BCUT2D eigenvalue weighted by Crippen LogP contribution is -2.70. The standard InChI is InChI=1S/C44H59NO9Si.C35H39NO9/c1-25(2)55(26(3)4,27(5)6)54-32-16-14-30(15-17-32)40(48)52-36-22-35-42(9,19-18-28(7)43(35,10)24-50-29(8)46)39-38(47)37-34(53-44(36,39)11)21-33(51-41(37)49)31-13-12-20-45-23-31;1-19-12-13-33(3)26(34(19,4)18-42-20(2)37)16-27(44-31(40)21-8-10-23(38)11-9-21)35(5)30(33)29(39)28-25(45-35)15-24(43-32(28)41)22-7-6-14-36-17-22/h12-17,20-21,23,25-28,35-36,38-39,47H,18-19,22,24H2,1-11H3;6-11,14-15,17,19,26-27,29-30,38-39H,12-13,16,18H2,1-5H3/t28-,35?,36-,38-,39?,42-,43-,44+;19-,26?,27-,29-,30?,33-,34+,35+/m00/s1. The molecule has 4 unspecified atom stereocenters. The van der Waals surface area contributed by atoms with Crippen LogP contribution in [0.5, 0.6) is 23.0 Å². The highest BCUT2D eigenvalue weighted by Crippen LogP contribution is 2.70. The van der Waals surface area contributed by atoms with Crippen LogP contribution in [-0.4, -0.2) is 94.1 Å². The molecule has 3 N–H and O–H groups in total. The monoisotopic (exact) mass is 1390 g/mol. The number of phenolic OH excluding ortho intramolecular Hbond substituents is 1. The van der Waals surface area contributed by atoms with Gasteiger partial charge in [0.05, 0.1) is 36.5 Å². The lowest BCUT2D eigenvalue weighted by atomic mass is 9.41. The molecule has 6 heterocycles. The number of aliphatic hydroxyl groups excluding tert-OH is 2. The van der Waals surface area contributed by atoms with Gasteiger partial charge in [0.1, 0.15) is 69.1 Å². The van der Waals surface area contributed by atoms with Crippen molar-refractivity contribution in [2.24, 2.45) is 57.2 Å². The fraction of sp³-hybridized carbons (Fsp3) is 0.544. The average molecular weight is 1390 g/mol. The Morgan fingerprint density at radius 1 is 0.580 bits per heavy atom. The molecule has 21 heteroatoms. The number of rotatable bonds is 15. The van der Waals surface area contributed by atoms with Gasteiger partial charge in [-0.05, 0) is 176 Å². The predicted octanol–water partition coefficient (Wildman–Crippen LogP) is 14.8. The van der Waals surface area contributed by atoms with Gasteiger partial charge in [-0.3, -0.25) is 19.6 Å². The number of benzene rings is 2. The summed E-state index contributed by atoms with van der Waals surface area (Å²) >= 11 is 0. The molecule has 20 nitrogen and oxygen atoms in total. The number of phenols is 1. The summed E-state index contributed by atoms with van der Waals surface area (Å²) in [5.41, 5.74) is -3.20. The third kappa shape index (κ3) is 12.6. The van der Waals surface area contributed by atoms with E-state index < -0.39 is 101 Å². The third-order valence-corrected chi connectivity index (χ3v) is 31.0. The maximum absolute atomic E-state index is 14.2. The maximum Gasteiger partial charge on any atom is 0.345 e. The number of hydrogen-bond donors (Lipinski definition) is 3. The minimum absolute atomic E-state index is 0.0167. The van der Waals surface area contributed by atoms with Crippen LogP contribution in [0.25, 0.3) is 22.6 Å². The number of pyridine rings is 2. The van der Waals surface area contributed by atoms with Gasteiger partial charge in [-0.2, -0.15) is 0 Å². The van der Waals surface area contributed by atoms with Crippen molar-refractivity contribution in [3.05, 3.63) is 153 Å². The molecule has 536 valence electrons. The SMILES string of the molecule is CC(=O)OC[C@@]1(C)C2C[C@H](OC(=O)c3ccc(O)cc3)[C@@]3(C)Oc4cc(-c5cccnc5)oc(=O)c4[C@H](O)C3[C@@]2(C)CC[C@@H]1C.CC(=O)OC[C@]1(C)C2C[C@H](OC(=O)c3ccc(O[Si](C(C)C)(C(C)C)C(C)C)cc3)[C@@]3(C)Oc4cc(-c5cccnc5)oc(=O)c4[C@H](O)C3[C@@]2(C)CC[C@@H]1C. The van der Waals surface area contributed by atoms with Crippen molar-refractivity contribution in [3.63, 3.8) is 0 Å². The van der Waals surface area contributed by atoms with Gasteiger partial charge in [0, 0.05) is 84.6 Å². The summed E-state index contributed by atoms with van der Waals surface area (Å²) in [6.45, 7) is 33.0. The second-order valence-corrected chi connectivity index (χ2v) is 36.9. The van der Waals surface area contributed by atoms with Gasteiger partial charge in [0.15, 0.2) is 0 Å². The van der Waals surface area contributed by atoms with E-state index in [-0.39, 0.29) is 94.3 Å². The smallest absolute Gasteiger partial charge is 0.345 e. The summed E-state index contributed by atoms with van der Waals surface area (Å²) in [4.78, 5) is 87.6. The Morgan fingerprint density at radius 2 is 0.960 bits per heavy atom. The Balaban J connectivity index is 0.000000206. The van der Waals surface area contributed by atoms with Crippen LogP contribution in [0.3, 0.4) is 0 Å². The van der Waals surface area contributed by atoms with Crippen LogP contribution in [0.4, 0.5) is 0 Å². The Morgan fingerprint density at radius 3 is 1.31 bits per heavy atom. The molecule has 100 heavy (non-hydrogen) atoms. The Bertz CT molecular complexity index is 4120. The molecular weight excluding hydrogens is 1290 g/mol. The number of hydrogen-bond acceptors (Lipinski definition) is 20. The molecule has 4 saturated carbocycles. The van der Waals surface area contributed by atoms with Crippen LogP contribution in [0.1, 0.15) is 193 Å². The molecule has 2 aromatic carbocycles. The number of aliphatic hydroxyl groups is 2. The van der Waals surface area contributed by atoms with E-state index in [9.17, 15) is 44.1 Å². The number of carbonyl (C=O) groups is 4. The van der Waals surface area contributed by atoms with Crippen molar-refractivity contribution in [1.82, 2.24) is 9.97 Å². The Kier molecular flexibility index (Phi) is 20.0. The Labute approximate surface area is 586 Å². The fourth-order valence-corrected chi connectivity index (χ4v) is 24.9. The molecule has 0 amide bonds. The normalized spacial score (nSPS) is 31.7. The van der Waals surface area contributed by atoms with Crippen LogP contribution >= 0.6 is 0 Å². The predicted molar refractivity (Wildman–Crippen MR) is 375 cm³/mol. The van der Waals surface area contributed by atoms with Gasteiger partial charge in [0.2, 0.25) is 0 Å². The fourth-order valence-electron chi connectivity index (χ4n) is 19.6. The van der Waals surface area contributed by atoms with Gasteiger partial charge in [-0.15, -0.1) is 0 Å². The number of aromatic hydroxyl groups is 1. The summed E-state index contributed by atoms with van der Waals surface area (Å²) < 4.78 is 56.2. The molecule has 6 aromatic rings. The van der Waals surface area contributed by atoms with Gasteiger partial charge in [-0.1, -0.05) is 83.1 Å². The number of esters is 4. The first-order chi connectivity index (χ1) is 47.1. The largest absolute Gasteiger partial charge is 0.543 e. The van der Waals surface area contributed by atoms with Crippen molar-refractivity contribution in [1.29, 1.82) is 0 Å². The molecular formula is C79H98N2O18Si. The van der Waals surface area contributed by atoms with E-state index in [1.165, 1.54) is 38.1 Å². The number of nitrogens with zero attached hydrogens (tertiary/aromatic N) is 2. The molecule has 4 aliphatic carbocycles. The first-order valence-corrected chi connectivity index (χ1v) is 37.4. The van der Waals surface area contributed by atoms with E-state index in [2.05, 4.69) is 93.1 Å². The van der Waals surface area contributed by atoms with Crippen LogP contribution in [0.15, 0.2) is 128 Å². The van der Waals surface area contributed by atoms with E-state index in [0.29, 0.717) is 52.6 Å². The number of carbonyl (C=O) groups excluding carboxylic acids is 4. The van der Waals surface area contributed by atoms with Crippen LogP contribution < -0.4 is 25.2 Å². The number of aromatic nitrogens is 2. The second kappa shape index (κ2) is 27.3. The number of fused-ring (bicyclic) bond motifs is 8. The lowest BCUT2D eigenvalue weighted by molar-refractivity contribution is -0.257. The van der Waals surface area contributed by atoms with Gasteiger partial charge < -0.3 is 57.0 Å². The second-order valence-electron chi connectivity index (χ2n) is 31.6. The molecule has 0 radical (unpaired) electrons. The summed E-state index contributed by atoms with van der Waals surface area (Å²) in [6.07, 6.45) is 5.88. The van der Waals surface area contributed by atoms with Gasteiger partial charge >= 0.3 is 35.1 Å². The molecule has 0 bridgehead atoms. The lowest BCUT2D eigenvalue weighted by Gasteiger charge is -2.66. The minimum Gasteiger partial charge on any atom is -0.543 e. The van der Waals surface area contributed by atoms with Crippen LogP contribution in [0.2, 0.25) is 16.6 Å². The zero-order valence-corrected chi connectivity index (χ0v) is 61.4. The van der Waals surface area contributed by atoms with Crippen molar-refractivity contribution < 1.29 is 76.2 Å².